The molecular formula is C15H14Cl2FN. The van der Waals surface area contributed by atoms with Crippen LogP contribution in [0.1, 0.15) is 17.2 Å². The molecule has 100 valence electrons. The van der Waals surface area contributed by atoms with Gasteiger partial charge in [-0.3, -0.25) is 0 Å². The van der Waals surface area contributed by atoms with Gasteiger partial charge < -0.3 is 5.32 Å². The van der Waals surface area contributed by atoms with Gasteiger partial charge in [0.25, 0.3) is 0 Å². The Bertz CT molecular complexity index is 572. The van der Waals surface area contributed by atoms with Gasteiger partial charge in [-0.1, -0.05) is 41.4 Å². The molecular weight excluding hydrogens is 284 g/mol. The lowest BCUT2D eigenvalue weighted by Gasteiger charge is -2.17. The van der Waals surface area contributed by atoms with E-state index in [1.807, 2.05) is 25.2 Å². The van der Waals surface area contributed by atoms with Crippen LogP contribution >= 0.6 is 23.2 Å². The van der Waals surface area contributed by atoms with Crippen LogP contribution in [-0.2, 0) is 6.42 Å². The van der Waals surface area contributed by atoms with Crippen molar-refractivity contribution < 1.29 is 4.39 Å². The first kappa shape index (κ1) is 14.3. The van der Waals surface area contributed by atoms with Crippen LogP contribution in [0.3, 0.4) is 0 Å². The van der Waals surface area contributed by atoms with Gasteiger partial charge in [-0.15, -0.1) is 0 Å². The molecule has 2 rings (SSSR count). The fourth-order valence-corrected chi connectivity index (χ4v) is 2.33. The second-order valence-corrected chi connectivity index (χ2v) is 5.16. The van der Waals surface area contributed by atoms with Crippen LogP contribution in [-0.4, -0.2) is 7.05 Å². The SMILES string of the molecule is CNC(Cc1ccc(Cl)c(Cl)c1)c1cccc(F)c1. The molecule has 2 aromatic rings. The molecule has 0 aliphatic rings. The maximum atomic E-state index is 13.3. The summed E-state index contributed by atoms with van der Waals surface area (Å²) in [5.41, 5.74) is 1.96. The quantitative estimate of drug-likeness (QED) is 0.867. The summed E-state index contributed by atoms with van der Waals surface area (Å²) in [6.45, 7) is 0. The van der Waals surface area contributed by atoms with Gasteiger partial charge in [0.05, 0.1) is 10.0 Å². The van der Waals surface area contributed by atoms with E-state index < -0.39 is 0 Å². The van der Waals surface area contributed by atoms with E-state index in [2.05, 4.69) is 5.32 Å². The molecule has 19 heavy (non-hydrogen) atoms. The van der Waals surface area contributed by atoms with Gasteiger partial charge in [0.1, 0.15) is 5.82 Å². The van der Waals surface area contributed by atoms with Crippen molar-refractivity contribution in [3.05, 3.63) is 69.5 Å². The van der Waals surface area contributed by atoms with Crippen molar-refractivity contribution in [2.24, 2.45) is 0 Å². The van der Waals surface area contributed by atoms with Crippen LogP contribution in [0.5, 0.6) is 0 Å². The van der Waals surface area contributed by atoms with Crippen molar-refractivity contribution >= 4 is 23.2 Å². The molecule has 1 atom stereocenters. The number of benzene rings is 2. The Hall–Kier alpha value is -1.09. The third kappa shape index (κ3) is 3.69. The van der Waals surface area contributed by atoms with Crippen LogP contribution in [0.4, 0.5) is 4.39 Å². The Morgan fingerprint density at radius 2 is 1.89 bits per heavy atom. The maximum Gasteiger partial charge on any atom is 0.123 e. The molecule has 2 aromatic carbocycles. The first-order chi connectivity index (χ1) is 9.10. The highest BCUT2D eigenvalue weighted by Crippen LogP contribution is 2.25. The zero-order valence-corrected chi connectivity index (χ0v) is 12.0. The number of likely N-dealkylation sites (N-methyl/N-ethyl adjacent to an activating group) is 1. The van der Waals surface area contributed by atoms with Crippen molar-refractivity contribution in [3.63, 3.8) is 0 Å². The third-order valence-electron chi connectivity index (χ3n) is 3.02. The van der Waals surface area contributed by atoms with Gasteiger partial charge in [-0.25, -0.2) is 4.39 Å². The van der Waals surface area contributed by atoms with Crippen LogP contribution in [0, 0.1) is 5.82 Å². The summed E-state index contributed by atoms with van der Waals surface area (Å²) in [6.07, 6.45) is 0.719. The Labute approximate surface area is 122 Å². The van der Waals surface area contributed by atoms with Crippen molar-refractivity contribution in [2.45, 2.75) is 12.5 Å². The Morgan fingerprint density at radius 1 is 1.11 bits per heavy atom. The normalized spacial score (nSPS) is 12.4. The second-order valence-electron chi connectivity index (χ2n) is 4.35. The molecule has 0 saturated heterocycles. The van der Waals surface area contributed by atoms with E-state index in [4.69, 9.17) is 23.2 Å². The van der Waals surface area contributed by atoms with Crippen LogP contribution in [0.2, 0.25) is 10.0 Å². The third-order valence-corrected chi connectivity index (χ3v) is 3.76. The first-order valence-electron chi connectivity index (χ1n) is 5.97. The minimum atomic E-state index is -0.230. The van der Waals surface area contributed by atoms with Gasteiger partial charge in [0, 0.05) is 6.04 Å². The van der Waals surface area contributed by atoms with E-state index in [1.54, 1.807) is 18.2 Å². The average Bonchev–Trinajstić information content (AvgIpc) is 2.40. The summed E-state index contributed by atoms with van der Waals surface area (Å²) in [7, 11) is 1.85. The van der Waals surface area contributed by atoms with Crippen molar-refractivity contribution in [1.82, 2.24) is 5.32 Å². The lowest BCUT2D eigenvalue weighted by molar-refractivity contribution is 0.577. The average molecular weight is 298 g/mol. The van der Waals surface area contributed by atoms with E-state index >= 15 is 0 Å². The number of halogens is 3. The molecule has 1 nitrogen and oxygen atoms in total. The summed E-state index contributed by atoms with van der Waals surface area (Å²) in [4.78, 5) is 0. The Kier molecular flexibility index (Phi) is 4.81. The van der Waals surface area contributed by atoms with Crippen LogP contribution in [0.25, 0.3) is 0 Å². The molecule has 0 spiro atoms. The largest absolute Gasteiger partial charge is 0.313 e. The van der Waals surface area contributed by atoms with E-state index in [9.17, 15) is 4.39 Å². The Balaban J connectivity index is 2.21. The predicted molar refractivity (Wildman–Crippen MR) is 78.4 cm³/mol. The lowest BCUT2D eigenvalue weighted by Crippen LogP contribution is -2.19. The minimum Gasteiger partial charge on any atom is -0.313 e. The highest BCUT2D eigenvalue weighted by Gasteiger charge is 2.11. The monoisotopic (exact) mass is 297 g/mol. The van der Waals surface area contributed by atoms with Gasteiger partial charge >= 0.3 is 0 Å². The van der Waals surface area contributed by atoms with Crippen molar-refractivity contribution in [1.29, 1.82) is 0 Å². The van der Waals surface area contributed by atoms with Gasteiger partial charge in [-0.2, -0.15) is 0 Å². The van der Waals surface area contributed by atoms with Crippen LogP contribution < -0.4 is 5.32 Å². The fraction of sp³-hybridized carbons (Fsp3) is 0.200. The summed E-state index contributed by atoms with van der Waals surface area (Å²) >= 11 is 11.9. The molecule has 0 bridgehead atoms. The summed E-state index contributed by atoms with van der Waals surface area (Å²) in [5, 5.41) is 4.26. The number of nitrogens with one attached hydrogen (secondary N) is 1. The molecule has 0 saturated carbocycles. The topological polar surface area (TPSA) is 12.0 Å². The summed E-state index contributed by atoms with van der Waals surface area (Å²) < 4.78 is 13.3. The fourth-order valence-electron chi connectivity index (χ4n) is 2.01. The van der Waals surface area contributed by atoms with Crippen molar-refractivity contribution in [2.75, 3.05) is 7.05 Å². The summed E-state index contributed by atoms with van der Waals surface area (Å²) in [6, 6.07) is 12.2. The van der Waals surface area contributed by atoms with E-state index in [-0.39, 0.29) is 11.9 Å². The number of hydrogen-bond acceptors (Lipinski definition) is 1. The van der Waals surface area contributed by atoms with Gasteiger partial charge in [0.2, 0.25) is 0 Å². The number of hydrogen-bond donors (Lipinski definition) is 1. The molecule has 1 N–H and O–H groups in total. The smallest absolute Gasteiger partial charge is 0.123 e. The van der Waals surface area contributed by atoms with E-state index in [1.165, 1.54) is 6.07 Å². The first-order valence-corrected chi connectivity index (χ1v) is 6.72. The molecule has 0 fully saturated rings. The molecule has 4 heteroatoms. The molecule has 0 aliphatic carbocycles. The minimum absolute atomic E-state index is 0.0351. The highest BCUT2D eigenvalue weighted by molar-refractivity contribution is 6.42. The van der Waals surface area contributed by atoms with Crippen molar-refractivity contribution in [3.8, 4) is 0 Å². The van der Waals surface area contributed by atoms with E-state index in [0.29, 0.717) is 10.0 Å². The van der Waals surface area contributed by atoms with Crippen LogP contribution in [0.15, 0.2) is 42.5 Å². The highest BCUT2D eigenvalue weighted by atomic mass is 35.5. The predicted octanol–water partition coefficient (Wildman–Crippen LogP) is 4.64. The van der Waals surface area contributed by atoms with Gasteiger partial charge in [0.15, 0.2) is 0 Å². The molecule has 1 unspecified atom stereocenters. The molecule has 0 radical (unpaired) electrons. The zero-order chi connectivity index (χ0) is 13.8. The van der Waals surface area contributed by atoms with Gasteiger partial charge in [-0.05, 0) is 48.9 Å². The van der Waals surface area contributed by atoms with E-state index in [0.717, 1.165) is 17.5 Å². The standard InChI is InChI=1S/C15H14Cl2FN/c1-19-15(11-3-2-4-12(18)9-11)8-10-5-6-13(16)14(17)7-10/h2-7,9,15,19H,8H2,1H3. The lowest BCUT2D eigenvalue weighted by atomic mass is 9.99. The molecule has 0 aromatic heterocycles. The number of rotatable bonds is 4. The maximum absolute atomic E-state index is 13.3. The molecule has 0 heterocycles. The Morgan fingerprint density at radius 3 is 2.53 bits per heavy atom. The zero-order valence-electron chi connectivity index (χ0n) is 10.5. The molecule has 0 amide bonds. The second kappa shape index (κ2) is 6.38. The molecule has 0 aliphatic heterocycles. The summed E-state index contributed by atoms with van der Waals surface area (Å²) in [5.74, 6) is -0.230.